The molecule has 0 aliphatic carbocycles. The molecule has 0 spiro atoms. The highest BCUT2D eigenvalue weighted by Gasteiger charge is 2.27. The molecule has 1 saturated heterocycles. The Balaban J connectivity index is 2.01. The third-order valence-electron chi connectivity index (χ3n) is 3.32. The summed E-state index contributed by atoms with van der Waals surface area (Å²) in [5.74, 6) is 1.21. The number of thioether (sulfide) groups is 1. The normalized spacial score (nSPS) is 18.6. The maximum absolute atomic E-state index is 4.45. The minimum Gasteiger partial charge on any atom is -0.369 e. The topological polar surface area (TPSA) is 28.2 Å². The van der Waals surface area contributed by atoms with Crippen LogP contribution in [-0.2, 0) is 6.54 Å². The molecular weight excluding hydrogens is 254 g/mol. The van der Waals surface area contributed by atoms with Crippen LogP contribution < -0.4 is 10.2 Å². The molecule has 1 aromatic rings. The van der Waals surface area contributed by atoms with Crippen LogP contribution in [0.5, 0.6) is 0 Å². The predicted octanol–water partition coefficient (Wildman–Crippen LogP) is 2.91. The first-order valence-electron chi connectivity index (χ1n) is 7.15. The van der Waals surface area contributed by atoms with Crippen LogP contribution in [0.1, 0.15) is 32.9 Å². The van der Waals surface area contributed by atoms with Crippen LogP contribution in [0.3, 0.4) is 0 Å². The molecule has 1 aliphatic rings. The molecule has 0 radical (unpaired) electrons. The SMILES string of the molecule is CCCNCc1cc(N2CCSC(C)(C)C2)ccn1. The number of nitrogens with one attached hydrogen (secondary N) is 1. The summed E-state index contributed by atoms with van der Waals surface area (Å²) in [6.07, 6.45) is 3.10. The Kier molecular flexibility index (Phi) is 5.11. The molecular formula is C15H25N3S. The van der Waals surface area contributed by atoms with Gasteiger partial charge in [-0.1, -0.05) is 6.92 Å². The van der Waals surface area contributed by atoms with Gasteiger partial charge in [-0.15, -0.1) is 0 Å². The highest BCUT2D eigenvalue weighted by atomic mass is 32.2. The van der Waals surface area contributed by atoms with Crippen molar-refractivity contribution in [3.8, 4) is 0 Å². The Morgan fingerprint density at radius 2 is 2.32 bits per heavy atom. The van der Waals surface area contributed by atoms with Gasteiger partial charge in [0.05, 0.1) is 5.69 Å². The number of aromatic nitrogens is 1. The van der Waals surface area contributed by atoms with Crippen LogP contribution in [0.25, 0.3) is 0 Å². The highest BCUT2D eigenvalue weighted by molar-refractivity contribution is 8.00. The summed E-state index contributed by atoms with van der Waals surface area (Å²) in [5.41, 5.74) is 2.46. The van der Waals surface area contributed by atoms with E-state index in [1.807, 2.05) is 6.20 Å². The monoisotopic (exact) mass is 279 g/mol. The van der Waals surface area contributed by atoms with Crippen LogP contribution in [0.2, 0.25) is 0 Å². The van der Waals surface area contributed by atoms with Gasteiger partial charge in [0.2, 0.25) is 0 Å². The summed E-state index contributed by atoms with van der Waals surface area (Å²) in [4.78, 5) is 6.94. The first-order chi connectivity index (χ1) is 9.11. The van der Waals surface area contributed by atoms with E-state index in [0.29, 0.717) is 4.75 Å². The molecule has 0 unspecified atom stereocenters. The molecule has 19 heavy (non-hydrogen) atoms. The first kappa shape index (κ1) is 14.7. The molecule has 4 heteroatoms. The van der Waals surface area contributed by atoms with Crippen LogP contribution in [0, 0.1) is 0 Å². The van der Waals surface area contributed by atoms with Gasteiger partial charge in [-0.25, -0.2) is 0 Å². The number of nitrogens with zero attached hydrogens (tertiary/aromatic N) is 2. The van der Waals surface area contributed by atoms with Gasteiger partial charge in [0.25, 0.3) is 0 Å². The van der Waals surface area contributed by atoms with Gasteiger partial charge in [0.15, 0.2) is 0 Å². The third-order valence-corrected chi connectivity index (χ3v) is 4.62. The lowest BCUT2D eigenvalue weighted by Crippen LogP contribution is -2.43. The molecule has 0 saturated carbocycles. The lowest BCUT2D eigenvalue weighted by molar-refractivity contribution is 0.643. The molecule has 2 rings (SSSR count). The summed E-state index contributed by atoms with van der Waals surface area (Å²) in [6.45, 7) is 11.0. The molecule has 0 aromatic carbocycles. The zero-order chi connectivity index (χ0) is 13.7. The number of pyridine rings is 1. The van der Waals surface area contributed by atoms with E-state index < -0.39 is 0 Å². The number of rotatable bonds is 5. The second-order valence-electron chi connectivity index (χ2n) is 5.71. The van der Waals surface area contributed by atoms with E-state index >= 15 is 0 Å². The van der Waals surface area contributed by atoms with Crippen LogP contribution in [0.4, 0.5) is 5.69 Å². The van der Waals surface area contributed by atoms with Crippen molar-refractivity contribution < 1.29 is 0 Å². The molecule has 1 aromatic heterocycles. The standard InChI is InChI=1S/C15H25N3S/c1-4-6-16-11-13-10-14(5-7-17-13)18-8-9-19-15(2,3)12-18/h5,7,10,16H,4,6,8-9,11-12H2,1-3H3. The van der Waals surface area contributed by atoms with Crippen LogP contribution in [0.15, 0.2) is 18.3 Å². The quantitative estimate of drug-likeness (QED) is 0.839. The Morgan fingerprint density at radius 1 is 1.47 bits per heavy atom. The zero-order valence-corrected chi connectivity index (χ0v) is 13.1. The van der Waals surface area contributed by atoms with E-state index in [9.17, 15) is 0 Å². The lowest BCUT2D eigenvalue weighted by Gasteiger charge is -2.39. The van der Waals surface area contributed by atoms with Crippen molar-refractivity contribution in [3.05, 3.63) is 24.0 Å². The summed E-state index contributed by atoms with van der Waals surface area (Å²) < 4.78 is 0.349. The Hall–Kier alpha value is -0.740. The predicted molar refractivity (Wildman–Crippen MR) is 85.0 cm³/mol. The molecule has 0 bridgehead atoms. The summed E-state index contributed by atoms with van der Waals surface area (Å²) in [7, 11) is 0. The second kappa shape index (κ2) is 6.62. The maximum atomic E-state index is 4.45. The van der Waals surface area contributed by atoms with Crippen molar-refractivity contribution >= 4 is 17.4 Å². The van der Waals surface area contributed by atoms with Gasteiger partial charge in [-0.3, -0.25) is 4.98 Å². The molecule has 2 heterocycles. The summed E-state index contributed by atoms with van der Waals surface area (Å²) >= 11 is 2.07. The van der Waals surface area contributed by atoms with Gasteiger partial charge in [-0.05, 0) is 38.9 Å². The van der Waals surface area contributed by atoms with Gasteiger partial charge >= 0.3 is 0 Å². The zero-order valence-electron chi connectivity index (χ0n) is 12.3. The van der Waals surface area contributed by atoms with Gasteiger partial charge in [0, 0.05) is 42.0 Å². The Bertz CT molecular complexity index is 406. The largest absolute Gasteiger partial charge is 0.369 e. The number of hydrogen-bond donors (Lipinski definition) is 1. The average Bonchev–Trinajstić information content (AvgIpc) is 2.38. The Morgan fingerprint density at radius 3 is 3.05 bits per heavy atom. The molecule has 0 atom stereocenters. The molecule has 1 fully saturated rings. The van der Waals surface area contributed by atoms with E-state index in [4.69, 9.17) is 0 Å². The van der Waals surface area contributed by atoms with Gasteiger partial charge < -0.3 is 10.2 Å². The van der Waals surface area contributed by atoms with Crippen LogP contribution in [-0.4, -0.2) is 35.1 Å². The van der Waals surface area contributed by atoms with E-state index in [1.165, 1.54) is 11.4 Å². The summed E-state index contributed by atoms with van der Waals surface area (Å²) in [6, 6.07) is 4.37. The fourth-order valence-corrected chi connectivity index (χ4v) is 3.50. The minimum atomic E-state index is 0.349. The van der Waals surface area contributed by atoms with E-state index in [0.717, 1.165) is 38.3 Å². The van der Waals surface area contributed by atoms with E-state index in [2.05, 4.69) is 59.9 Å². The third kappa shape index (κ3) is 4.39. The number of hydrogen-bond acceptors (Lipinski definition) is 4. The van der Waals surface area contributed by atoms with Crippen molar-refractivity contribution in [3.63, 3.8) is 0 Å². The molecule has 3 nitrogen and oxygen atoms in total. The number of anilines is 1. The van der Waals surface area contributed by atoms with Gasteiger partial charge in [-0.2, -0.15) is 11.8 Å². The lowest BCUT2D eigenvalue weighted by atomic mass is 10.1. The van der Waals surface area contributed by atoms with E-state index in [1.54, 1.807) is 0 Å². The molecule has 1 aliphatic heterocycles. The molecule has 0 amide bonds. The van der Waals surface area contributed by atoms with Crippen LogP contribution >= 0.6 is 11.8 Å². The van der Waals surface area contributed by atoms with Crippen molar-refractivity contribution in [1.29, 1.82) is 0 Å². The second-order valence-corrected chi connectivity index (χ2v) is 7.51. The Labute approximate surface area is 121 Å². The van der Waals surface area contributed by atoms with Crippen molar-refractivity contribution in [2.24, 2.45) is 0 Å². The van der Waals surface area contributed by atoms with Gasteiger partial charge in [0.1, 0.15) is 0 Å². The first-order valence-corrected chi connectivity index (χ1v) is 8.14. The fourth-order valence-electron chi connectivity index (χ4n) is 2.39. The smallest absolute Gasteiger partial charge is 0.0562 e. The molecule has 1 N–H and O–H groups in total. The van der Waals surface area contributed by atoms with Crippen molar-refractivity contribution in [2.75, 3.05) is 30.3 Å². The summed E-state index contributed by atoms with van der Waals surface area (Å²) in [5, 5.41) is 3.41. The highest BCUT2D eigenvalue weighted by Crippen LogP contribution is 2.32. The fraction of sp³-hybridized carbons (Fsp3) is 0.667. The minimum absolute atomic E-state index is 0.349. The van der Waals surface area contributed by atoms with E-state index in [-0.39, 0.29) is 0 Å². The molecule has 106 valence electrons. The van der Waals surface area contributed by atoms with Crippen molar-refractivity contribution in [1.82, 2.24) is 10.3 Å². The van der Waals surface area contributed by atoms with Crippen molar-refractivity contribution in [2.45, 2.75) is 38.5 Å². The average molecular weight is 279 g/mol. The maximum Gasteiger partial charge on any atom is 0.0562 e.